The minimum atomic E-state index is -1.62. The molecular weight excluding hydrogens is 819 g/mol. The highest BCUT2D eigenvalue weighted by molar-refractivity contribution is 6.03. The summed E-state index contributed by atoms with van der Waals surface area (Å²) in [6, 6.07) is 15.2. The third-order valence-electron chi connectivity index (χ3n) is 11.7. The van der Waals surface area contributed by atoms with Crippen molar-refractivity contribution in [2.24, 2.45) is 22.9 Å². The van der Waals surface area contributed by atoms with Gasteiger partial charge in [-0.15, -0.1) is 6.58 Å². The van der Waals surface area contributed by atoms with Gasteiger partial charge < -0.3 is 44.2 Å². The summed E-state index contributed by atoms with van der Waals surface area (Å²) < 4.78 is 25.5. The Morgan fingerprint density at radius 2 is 1.60 bits per heavy atom. The van der Waals surface area contributed by atoms with Gasteiger partial charge in [0, 0.05) is 69.0 Å². The number of oxime groups is 1. The summed E-state index contributed by atoms with van der Waals surface area (Å²) in [6.07, 6.45) is 6.22. The first-order chi connectivity index (χ1) is 30.4. The number of unbranched alkanes of at least 4 members (excludes halogenated alkanes) is 2. The molecule has 0 radical (unpaired) electrons. The molecule has 0 aromatic heterocycles. The van der Waals surface area contributed by atoms with E-state index in [9.17, 15) is 40.0 Å². The van der Waals surface area contributed by atoms with Crippen LogP contribution in [-0.2, 0) is 16.2 Å². The second-order valence-corrected chi connectivity index (χ2v) is 15.6. The van der Waals surface area contributed by atoms with E-state index in [0.29, 0.717) is 62.1 Å². The number of likely N-dealkylation sites (N-methyl/N-ethyl adjacent to an activating group) is 1. The van der Waals surface area contributed by atoms with Crippen LogP contribution in [0.2, 0.25) is 0 Å². The van der Waals surface area contributed by atoms with Crippen LogP contribution in [0.25, 0.3) is 0 Å². The molecule has 1 heterocycles. The number of aliphatic hydroxyl groups excluding tert-OH is 2. The van der Waals surface area contributed by atoms with E-state index in [4.69, 9.17) is 28.9 Å². The van der Waals surface area contributed by atoms with Gasteiger partial charge in [-0.05, 0) is 98.0 Å². The highest BCUT2D eigenvalue weighted by atomic mass is 16.7. The molecule has 18 nitrogen and oxygen atoms in total. The number of amides is 2. The normalized spacial score (nSPS) is 22.6. The van der Waals surface area contributed by atoms with Crippen LogP contribution in [0.4, 0.5) is 21.0 Å². The Labute approximate surface area is 364 Å². The van der Waals surface area contributed by atoms with Crippen LogP contribution in [-0.4, -0.2) is 88.1 Å². The molecule has 6 atom stereocenters. The summed E-state index contributed by atoms with van der Waals surface area (Å²) in [4.78, 5) is 55.9. The predicted octanol–water partition coefficient (Wildman–Crippen LogP) is 7.58. The SMILES string of the molecule is C=CCO[C@@]12Oc3ccc(OC(=O)NCC)cc3[C@H]3[C@H](CCCCO)[C@@H](CCCCO)C=C(C(=NOCc4ccc([N+](=O)[O-])cc4)C[C@@H]1N(C)C(=O)Oc1ccc([N+](=O)[O-])cc1)[C@H]32. The van der Waals surface area contributed by atoms with Gasteiger partial charge >= 0.3 is 12.2 Å². The zero-order chi connectivity index (χ0) is 45.1. The van der Waals surface area contributed by atoms with E-state index in [1.54, 1.807) is 43.3 Å². The average molecular weight is 872 g/mol. The average Bonchev–Trinajstić information content (AvgIpc) is 3.27. The minimum absolute atomic E-state index is 0.000337. The van der Waals surface area contributed by atoms with E-state index in [1.165, 1.54) is 48.3 Å². The zero-order valence-corrected chi connectivity index (χ0v) is 35.3. The number of non-ortho nitro benzene ring substituents is 2. The number of aliphatic hydroxyl groups is 2. The van der Waals surface area contributed by atoms with Crippen LogP contribution in [0.1, 0.15) is 68.9 Å². The van der Waals surface area contributed by atoms with Gasteiger partial charge in [-0.2, -0.15) is 0 Å². The smallest absolute Gasteiger partial charge is 0.415 e. The van der Waals surface area contributed by atoms with Crippen molar-refractivity contribution in [2.45, 2.75) is 76.2 Å². The van der Waals surface area contributed by atoms with Crippen LogP contribution in [0.5, 0.6) is 17.2 Å². The Kier molecular flexibility index (Phi) is 15.5. The lowest BCUT2D eigenvalue weighted by atomic mass is 9.55. The molecule has 3 aromatic rings. The lowest BCUT2D eigenvalue weighted by molar-refractivity contribution is -0.385. The maximum absolute atomic E-state index is 14.2. The number of carbonyl (C=O) groups excluding carboxylic acids is 2. The molecule has 3 aliphatic rings. The molecule has 6 rings (SSSR count). The van der Waals surface area contributed by atoms with E-state index >= 15 is 0 Å². The van der Waals surface area contributed by atoms with Crippen LogP contribution >= 0.6 is 0 Å². The standard InChI is InChI=1S/C45H53N5O13/c1-4-24-59-45-40(48(3)44(54)62-33-18-16-32(17-19-33)50(57)58)27-38(47-60-28-29-12-14-31(15-13-29)49(55)56)36-25-30(10-6-8-22-51)35(11-7-9-23-52)41(42(36)45)37-26-34(20-21-39(37)63-45)61-43(53)46-5-2/h4,12-21,25-26,30,35,40-42,51-52H,1,5-11,22-24,27-28H2,2-3H3,(H,46,53)/t30-,35+,40-,41+,42+,45+/m0/s1. The number of allylic oxidation sites excluding steroid dienone is 1. The van der Waals surface area contributed by atoms with Crippen molar-refractivity contribution in [1.82, 2.24) is 10.2 Å². The molecule has 1 aliphatic heterocycles. The zero-order valence-electron chi connectivity index (χ0n) is 35.3. The fourth-order valence-corrected chi connectivity index (χ4v) is 8.91. The molecule has 0 saturated heterocycles. The number of nitrogens with one attached hydrogen (secondary N) is 1. The monoisotopic (exact) mass is 871 g/mol. The number of nitro groups is 2. The largest absolute Gasteiger partial charge is 0.459 e. The molecular formula is C45H53N5O13. The summed E-state index contributed by atoms with van der Waals surface area (Å²) in [5, 5.41) is 49.7. The van der Waals surface area contributed by atoms with Crippen molar-refractivity contribution in [1.29, 1.82) is 0 Å². The fourth-order valence-electron chi connectivity index (χ4n) is 8.91. The molecule has 63 heavy (non-hydrogen) atoms. The number of carbonyl (C=O) groups is 2. The lowest BCUT2D eigenvalue weighted by Gasteiger charge is -2.59. The molecule has 0 unspecified atom stereocenters. The third kappa shape index (κ3) is 10.5. The highest BCUT2D eigenvalue weighted by Crippen LogP contribution is 2.62. The van der Waals surface area contributed by atoms with E-state index in [1.807, 2.05) is 0 Å². The Balaban J connectivity index is 1.52. The molecule has 1 saturated carbocycles. The number of hydrogen-bond donors (Lipinski definition) is 3. The van der Waals surface area contributed by atoms with Gasteiger partial charge in [0.15, 0.2) is 0 Å². The Bertz CT molecular complexity index is 2180. The molecule has 2 amide bonds. The van der Waals surface area contributed by atoms with Gasteiger partial charge in [-0.3, -0.25) is 20.2 Å². The van der Waals surface area contributed by atoms with Crippen LogP contribution in [0, 0.1) is 38.0 Å². The van der Waals surface area contributed by atoms with Crippen molar-refractivity contribution >= 4 is 29.3 Å². The Morgan fingerprint density at radius 1 is 0.952 bits per heavy atom. The number of rotatable bonds is 20. The molecule has 2 aliphatic carbocycles. The quantitative estimate of drug-likeness (QED) is 0.0430. The molecule has 1 fully saturated rings. The van der Waals surface area contributed by atoms with E-state index in [-0.39, 0.29) is 67.6 Å². The molecule has 0 spiro atoms. The van der Waals surface area contributed by atoms with Crippen LogP contribution in [0.15, 0.2) is 96.2 Å². The first-order valence-corrected chi connectivity index (χ1v) is 21.0. The topological polar surface area (TPSA) is 235 Å². The van der Waals surface area contributed by atoms with Gasteiger partial charge in [-0.25, -0.2) is 9.59 Å². The van der Waals surface area contributed by atoms with Crippen molar-refractivity contribution < 1.29 is 53.4 Å². The first-order valence-electron chi connectivity index (χ1n) is 21.0. The summed E-state index contributed by atoms with van der Waals surface area (Å²) in [5.74, 6) is -2.14. The summed E-state index contributed by atoms with van der Waals surface area (Å²) >= 11 is 0. The molecule has 18 heteroatoms. The summed E-state index contributed by atoms with van der Waals surface area (Å²) in [5.41, 5.74) is 2.33. The lowest BCUT2D eigenvalue weighted by Crippen LogP contribution is -2.69. The number of nitrogens with zero attached hydrogens (tertiary/aromatic N) is 4. The van der Waals surface area contributed by atoms with Crippen molar-refractivity contribution in [3.63, 3.8) is 0 Å². The summed E-state index contributed by atoms with van der Waals surface area (Å²) in [6.45, 7) is 6.05. The van der Waals surface area contributed by atoms with Gasteiger partial charge in [0.1, 0.15) is 29.9 Å². The highest BCUT2D eigenvalue weighted by Gasteiger charge is 2.65. The maximum atomic E-state index is 14.2. The number of hydrogen-bond acceptors (Lipinski definition) is 14. The Morgan fingerprint density at radius 3 is 2.24 bits per heavy atom. The number of nitro benzene ring substituents is 2. The van der Waals surface area contributed by atoms with Crippen molar-refractivity contribution in [3.05, 3.63) is 122 Å². The third-order valence-corrected chi connectivity index (χ3v) is 11.7. The maximum Gasteiger partial charge on any atom is 0.415 e. The second-order valence-electron chi connectivity index (χ2n) is 15.6. The first kappa shape index (κ1) is 46.1. The Hall–Kier alpha value is -6.37. The molecule has 3 aromatic carbocycles. The summed E-state index contributed by atoms with van der Waals surface area (Å²) in [7, 11) is 1.54. The van der Waals surface area contributed by atoms with Gasteiger partial charge in [-0.1, -0.05) is 30.1 Å². The van der Waals surface area contributed by atoms with Crippen molar-refractivity contribution in [3.8, 4) is 17.2 Å². The van der Waals surface area contributed by atoms with E-state index in [0.717, 1.165) is 11.1 Å². The number of fused-ring (bicyclic) bond motifs is 2. The number of benzene rings is 3. The number of ether oxygens (including phenoxy) is 4. The van der Waals surface area contributed by atoms with Crippen LogP contribution < -0.4 is 19.5 Å². The molecule has 336 valence electrons. The van der Waals surface area contributed by atoms with Crippen molar-refractivity contribution in [2.75, 3.05) is 33.4 Å². The minimum Gasteiger partial charge on any atom is -0.459 e. The fraction of sp³-hybridized carbons (Fsp3) is 0.444. The van der Waals surface area contributed by atoms with E-state index < -0.39 is 45.7 Å². The molecule has 3 N–H and O–H groups in total. The second kappa shape index (κ2) is 21.1. The van der Waals surface area contributed by atoms with Gasteiger partial charge in [0.2, 0.25) is 5.79 Å². The van der Waals surface area contributed by atoms with Gasteiger partial charge in [0.25, 0.3) is 11.4 Å². The predicted molar refractivity (Wildman–Crippen MR) is 229 cm³/mol. The van der Waals surface area contributed by atoms with Crippen LogP contribution in [0.3, 0.4) is 0 Å². The van der Waals surface area contributed by atoms with E-state index in [2.05, 4.69) is 18.0 Å². The van der Waals surface area contributed by atoms with Gasteiger partial charge in [0.05, 0.1) is 28.1 Å². The molecule has 0 bridgehead atoms.